The molecule has 268 valence electrons. The molecule has 6 rings (SSSR count). The molecule has 0 amide bonds. The van der Waals surface area contributed by atoms with E-state index in [2.05, 4.69) is 184 Å². The lowest BCUT2D eigenvalue weighted by molar-refractivity contribution is 0.439. The van der Waals surface area contributed by atoms with Gasteiger partial charge in [-0.2, -0.15) is 0 Å². The van der Waals surface area contributed by atoms with Gasteiger partial charge in [-0.1, -0.05) is 158 Å². The predicted octanol–water partition coefficient (Wildman–Crippen LogP) is 14.5. The molecule has 0 radical (unpaired) electrons. The largest absolute Gasteiger partial charge is 0.296 e. The van der Waals surface area contributed by atoms with Crippen LogP contribution in [0.2, 0.25) is 0 Å². The van der Waals surface area contributed by atoms with Crippen molar-refractivity contribution in [1.82, 2.24) is 9.55 Å². The summed E-state index contributed by atoms with van der Waals surface area (Å²) in [6, 6.07) is 35.8. The normalized spacial score (nSPS) is 11.9. The van der Waals surface area contributed by atoms with E-state index in [4.69, 9.17) is 4.98 Å². The highest BCUT2D eigenvalue weighted by molar-refractivity contribution is 5.92. The first-order chi connectivity index (χ1) is 24.9. The van der Waals surface area contributed by atoms with E-state index in [1.54, 1.807) is 0 Å². The number of hydrogen-bond donors (Lipinski definition) is 0. The molecule has 6 aromatic rings. The van der Waals surface area contributed by atoms with Gasteiger partial charge < -0.3 is 0 Å². The fourth-order valence-electron chi connectivity index (χ4n) is 8.52. The molecule has 0 spiro atoms. The van der Waals surface area contributed by atoms with E-state index < -0.39 is 0 Å². The van der Waals surface area contributed by atoms with Crippen LogP contribution in [0.4, 0.5) is 0 Å². The van der Waals surface area contributed by atoms with Gasteiger partial charge in [0.25, 0.3) is 0 Å². The standard InChI is InChI=1S/C50H58N2/c1-12-13-27-50(10,11)44-31-51-49(52(44)48-42(32(2)3)28-34(6)29-43(48)33(4)5)41-26-20-25-40(30-41)47-36(8)45(38-21-16-14-17-22-38)35(7)46(37(47)9)39-23-18-15-19-24-39/h14-26,28-33H,12-13,27H2,1-11H3. The van der Waals surface area contributed by atoms with Crippen molar-refractivity contribution in [2.75, 3.05) is 0 Å². The second kappa shape index (κ2) is 15.1. The van der Waals surface area contributed by atoms with Crippen molar-refractivity contribution >= 4 is 0 Å². The highest BCUT2D eigenvalue weighted by atomic mass is 15.1. The molecule has 0 bridgehead atoms. The van der Waals surface area contributed by atoms with E-state index in [-0.39, 0.29) is 5.41 Å². The molecule has 0 aliphatic heterocycles. The number of aromatic nitrogens is 2. The van der Waals surface area contributed by atoms with Crippen molar-refractivity contribution in [3.05, 3.63) is 142 Å². The van der Waals surface area contributed by atoms with Gasteiger partial charge in [0.15, 0.2) is 0 Å². The van der Waals surface area contributed by atoms with Crippen molar-refractivity contribution in [1.29, 1.82) is 0 Å². The molecule has 5 aromatic carbocycles. The minimum atomic E-state index is -0.0500. The van der Waals surface area contributed by atoms with Crippen molar-refractivity contribution < 1.29 is 0 Å². The number of imidazole rings is 1. The average molecular weight is 687 g/mol. The molecule has 0 fully saturated rings. The van der Waals surface area contributed by atoms with Gasteiger partial charge >= 0.3 is 0 Å². The van der Waals surface area contributed by atoms with Gasteiger partial charge in [0.2, 0.25) is 0 Å². The zero-order valence-electron chi connectivity index (χ0n) is 33.5. The molecular weight excluding hydrogens is 629 g/mol. The first kappa shape index (κ1) is 37.1. The molecule has 0 atom stereocenters. The molecule has 52 heavy (non-hydrogen) atoms. The number of benzene rings is 5. The zero-order valence-corrected chi connectivity index (χ0v) is 33.5. The Morgan fingerprint density at radius 3 is 1.54 bits per heavy atom. The van der Waals surface area contributed by atoms with E-state index in [1.807, 2.05) is 0 Å². The fraction of sp³-hybridized carbons (Fsp3) is 0.340. The second-order valence-corrected chi connectivity index (χ2v) is 16.2. The first-order valence-electron chi connectivity index (χ1n) is 19.4. The Bertz CT molecular complexity index is 2080. The number of rotatable bonds is 11. The summed E-state index contributed by atoms with van der Waals surface area (Å²) >= 11 is 0. The number of hydrogen-bond acceptors (Lipinski definition) is 1. The smallest absolute Gasteiger partial charge is 0.144 e. The lowest BCUT2D eigenvalue weighted by Crippen LogP contribution is -2.23. The summed E-state index contributed by atoms with van der Waals surface area (Å²) in [7, 11) is 0. The third-order valence-electron chi connectivity index (χ3n) is 11.2. The monoisotopic (exact) mass is 686 g/mol. The summed E-state index contributed by atoms with van der Waals surface area (Å²) in [6.45, 7) is 25.6. The molecular formula is C50H58N2. The molecule has 0 aliphatic rings. The number of unbranched alkanes of at least 4 members (excludes halogenated alkanes) is 1. The molecule has 2 nitrogen and oxygen atoms in total. The molecule has 2 heteroatoms. The Morgan fingerprint density at radius 2 is 1.06 bits per heavy atom. The van der Waals surface area contributed by atoms with Crippen molar-refractivity contribution in [3.8, 4) is 50.5 Å². The van der Waals surface area contributed by atoms with Crippen LogP contribution >= 0.6 is 0 Å². The predicted molar refractivity (Wildman–Crippen MR) is 225 cm³/mol. The van der Waals surface area contributed by atoms with E-state index in [0.29, 0.717) is 11.8 Å². The lowest BCUT2D eigenvalue weighted by Gasteiger charge is -2.30. The van der Waals surface area contributed by atoms with Gasteiger partial charge in [-0.15, -0.1) is 0 Å². The van der Waals surface area contributed by atoms with Gasteiger partial charge in [-0.25, -0.2) is 4.98 Å². The van der Waals surface area contributed by atoms with Crippen LogP contribution in [0.25, 0.3) is 50.5 Å². The third-order valence-corrected chi connectivity index (χ3v) is 11.2. The maximum absolute atomic E-state index is 5.35. The molecule has 0 aliphatic carbocycles. The molecule has 0 saturated heterocycles. The van der Waals surface area contributed by atoms with Crippen LogP contribution in [0.15, 0.2) is 103 Å². The van der Waals surface area contributed by atoms with Gasteiger partial charge in [0.05, 0.1) is 5.69 Å². The quantitative estimate of drug-likeness (QED) is 0.133. The van der Waals surface area contributed by atoms with Crippen LogP contribution in [-0.2, 0) is 5.41 Å². The number of aryl methyl sites for hydroxylation is 1. The van der Waals surface area contributed by atoms with E-state index >= 15 is 0 Å². The molecule has 1 aromatic heterocycles. The lowest BCUT2D eigenvalue weighted by atomic mass is 9.80. The SMILES string of the molecule is CCCCC(C)(C)c1cnc(-c2cccc(-c3c(C)c(-c4ccccc4)c(C)c(-c4ccccc4)c3C)c2)n1-c1c(C(C)C)cc(C)cc1C(C)C. The minimum Gasteiger partial charge on any atom is -0.296 e. The summed E-state index contributed by atoms with van der Waals surface area (Å²) in [5.74, 6) is 1.75. The van der Waals surface area contributed by atoms with Gasteiger partial charge in [0, 0.05) is 22.9 Å². The van der Waals surface area contributed by atoms with Gasteiger partial charge in [-0.05, 0) is 113 Å². The Kier molecular flexibility index (Phi) is 10.8. The van der Waals surface area contributed by atoms with Gasteiger partial charge in [-0.3, -0.25) is 4.57 Å². The Hall–Kier alpha value is -4.69. The topological polar surface area (TPSA) is 17.8 Å². The van der Waals surface area contributed by atoms with Crippen molar-refractivity contribution in [2.45, 2.75) is 113 Å². The summed E-state index contributed by atoms with van der Waals surface area (Å²) in [5, 5.41) is 0. The highest BCUT2D eigenvalue weighted by Gasteiger charge is 2.31. The maximum Gasteiger partial charge on any atom is 0.144 e. The molecule has 1 heterocycles. The second-order valence-electron chi connectivity index (χ2n) is 16.2. The summed E-state index contributed by atoms with van der Waals surface area (Å²) in [5.41, 5.74) is 19.4. The van der Waals surface area contributed by atoms with Crippen LogP contribution < -0.4 is 0 Å². The molecule has 0 N–H and O–H groups in total. The summed E-state index contributed by atoms with van der Waals surface area (Å²) < 4.78 is 2.55. The van der Waals surface area contributed by atoms with Crippen molar-refractivity contribution in [3.63, 3.8) is 0 Å². The number of nitrogens with zero attached hydrogens (tertiary/aromatic N) is 2. The van der Waals surface area contributed by atoms with E-state index in [1.165, 1.54) is 91.0 Å². The van der Waals surface area contributed by atoms with Crippen LogP contribution in [0, 0.1) is 27.7 Å². The van der Waals surface area contributed by atoms with E-state index in [0.717, 1.165) is 17.8 Å². The van der Waals surface area contributed by atoms with Crippen LogP contribution in [0.5, 0.6) is 0 Å². The highest BCUT2D eigenvalue weighted by Crippen LogP contribution is 2.45. The Morgan fingerprint density at radius 1 is 0.596 bits per heavy atom. The Labute approximate surface area is 314 Å². The van der Waals surface area contributed by atoms with Crippen LogP contribution in [0.1, 0.15) is 119 Å². The summed E-state index contributed by atoms with van der Waals surface area (Å²) in [6.07, 6.45) is 5.65. The molecule has 0 unspecified atom stereocenters. The first-order valence-corrected chi connectivity index (χ1v) is 19.4. The van der Waals surface area contributed by atoms with E-state index in [9.17, 15) is 0 Å². The van der Waals surface area contributed by atoms with Crippen LogP contribution in [0.3, 0.4) is 0 Å². The maximum atomic E-state index is 5.35. The summed E-state index contributed by atoms with van der Waals surface area (Å²) in [4.78, 5) is 5.35. The zero-order chi connectivity index (χ0) is 37.3. The van der Waals surface area contributed by atoms with Gasteiger partial charge in [0.1, 0.15) is 5.82 Å². The van der Waals surface area contributed by atoms with Crippen LogP contribution in [-0.4, -0.2) is 9.55 Å². The fourth-order valence-corrected chi connectivity index (χ4v) is 8.52. The third kappa shape index (κ3) is 6.93. The molecule has 0 saturated carbocycles. The average Bonchev–Trinajstić information content (AvgIpc) is 3.57. The van der Waals surface area contributed by atoms with Crippen molar-refractivity contribution in [2.24, 2.45) is 0 Å². The minimum absolute atomic E-state index is 0.0500. The Balaban J connectivity index is 1.66.